The molecule has 0 aliphatic carbocycles. The van der Waals surface area contributed by atoms with Crippen molar-refractivity contribution >= 4 is 17.3 Å². The van der Waals surface area contributed by atoms with E-state index in [1.165, 1.54) is 0 Å². The Morgan fingerprint density at radius 3 is 2.65 bits per heavy atom. The number of methoxy groups -OCH3 is 1. The number of benzene rings is 1. The minimum atomic E-state index is -0.771. The summed E-state index contributed by atoms with van der Waals surface area (Å²) in [6, 6.07) is 5.39. The zero-order valence-corrected chi connectivity index (χ0v) is 11.5. The summed E-state index contributed by atoms with van der Waals surface area (Å²) in [5, 5.41) is 13.9. The molecule has 0 spiro atoms. The van der Waals surface area contributed by atoms with Gasteiger partial charge < -0.3 is 15.2 Å². The largest absolute Gasteiger partial charge is 0.497 e. The van der Waals surface area contributed by atoms with Crippen molar-refractivity contribution in [3.63, 3.8) is 0 Å². The first kappa shape index (κ1) is 14.1. The van der Waals surface area contributed by atoms with Crippen LogP contribution in [-0.2, 0) is 0 Å². The second-order valence-corrected chi connectivity index (χ2v) is 5.12. The molecule has 0 heterocycles. The zero-order chi connectivity index (χ0) is 13.1. The number of aliphatic hydroxyl groups is 1. The summed E-state index contributed by atoms with van der Waals surface area (Å²) in [4.78, 5) is 0. The molecule has 0 bridgehead atoms. The third-order valence-corrected chi connectivity index (χ3v) is 3.38. The van der Waals surface area contributed by atoms with Gasteiger partial charge in [0.05, 0.1) is 23.4 Å². The van der Waals surface area contributed by atoms with Crippen LogP contribution >= 0.6 is 11.6 Å². The second-order valence-electron chi connectivity index (χ2n) is 4.71. The molecule has 0 aromatic heterocycles. The molecule has 0 saturated carbocycles. The van der Waals surface area contributed by atoms with E-state index in [9.17, 15) is 5.11 Å². The number of halogens is 1. The van der Waals surface area contributed by atoms with E-state index in [1.807, 2.05) is 19.9 Å². The number of anilines is 1. The van der Waals surface area contributed by atoms with Gasteiger partial charge >= 0.3 is 0 Å². The van der Waals surface area contributed by atoms with Crippen molar-refractivity contribution in [2.75, 3.05) is 19.0 Å². The molecule has 0 aliphatic rings. The smallest absolute Gasteiger partial charge is 0.121 e. The summed E-state index contributed by atoms with van der Waals surface area (Å²) in [6.07, 6.45) is 0. The third-order valence-electron chi connectivity index (χ3n) is 3.05. The number of rotatable bonds is 5. The quantitative estimate of drug-likeness (QED) is 0.851. The molecule has 1 aromatic carbocycles. The van der Waals surface area contributed by atoms with Gasteiger partial charge in [0, 0.05) is 12.6 Å². The van der Waals surface area contributed by atoms with Crippen LogP contribution < -0.4 is 10.1 Å². The van der Waals surface area contributed by atoms with E-state index in [1.54, 1.807) is 26.2 Å². The van der Waals surface area contributed by atoms with E-state index < -0.39 is 5.60 Å². The molecule has 0 radical (unpaired) electrons. The molecule has 4 heteroatoms. The van der Waals surface area contributed by atoms with Crippen LogP contribution in [0.1, 0.15) is 20.8 Å². The topological polar surface area (TPSA) is 41.5 Å². The molecule has 96 valence electrons. The van der Waals surface area contributed by atoms with Crippen molar-refractivity contribution in [1.82, 2.24) is 0 Å². The summed E-state index contributed by atoms with van der Waals surface area (Å²) >= 11 is 6.06. The summed E-state index contributed by atoms with van der Waals surface area (Å²) in [6.45, 7) is 6.21. The monoisotopic (exact) mass is 257 g/mol. The van der Waals surface area contributed by atoms with Crippen LogP contribution in [0.15, 0.2) is 18.2 Å². The lowest BCUT2D eigenvalue weighted by Gasteiger charge is -2.28. The molecule has 1 unspecified atom stereocenters. The van der Waals surface area contributed by atoms with Crippen LogP contribution in [0.2, 0.25) is 5.02 Å². The molecule has 0 aliphatic heterocycles. The molecule has 1 aromatic rings. The van der Waals surface area contributed by atoms with E-state index in [0.29, 0.717) is 11.6 Å². The van der Waals surface area contributed by atoms with E-state index in [0.717, 1.165) is 11.4 Å². The first-order valence-electron chi connectivity index (χ1n) is 5.66. The van der Waals surface area contributed by atoms with Gasteiger partial charge in [-0.2, -0.15) is 0 Å². The Kier molecular flexibility index (Phi) is 4.66. The Bertz CT molecular complexity index is 378. The van der Waals surface area contributed by atoms with Gasteiger partial charge in [0.15, 0.2) is 0 Å². The molecular weight excluding hydrogens is 238 g/mol. The molecule has 2 N–H and O–H groups in total. The lowest BCUT2D eigenvalue weighted by molar-refractivity contribution is 0.0266. The molecular formula is C13H20ClNO2. The van der Waals surface area contributed by atoms with Gasteiger partial charge in [-0.15, -0.1) is 0 Å². The van der Waals surface area contributed by atoms with Crippen molar-refractivity contribution in [3.05, 3.63) is 23.2 Å². The number of hydrogen-bond acceptors (Lipinski definition) is 3. The fourth-order valence-electron chi connectivity index (χ4n) is 1.25. The minimum absolute atomic E-state index is 0.166. The predicted octanol–water partition coefficient (Wildman–Crippen LogP) is 3.17. The third kappa shape index (κ3) is 3.79. The van der Waals surface area contributed by atoms with Crippen LogP contribution in [0, 0.1) is 5.92 Å². The Balaban J connectivity index is 2.75. The average molecular weight is 258 g/mol. The first-order chi connectivity index (χ1) is 7.86. The summed E-state index contributed by atoms with van der Waals surface area (Å²) in [5.41, 5.74) is -0.00111. The number of hydrogen-bond donors (Lipinski definition) is 2. The van der Waals surface area contributed by atoms with Crippen molar-refractivity contribution in [2.24, 2.45) is 5.92 Å². The fraction of sp³-hybridized carbons (Fsp3) is 0.538. The Morgan fingerprint density at radius 1 is 1.47 bits per heavy atom. The normalized spacial score (nSPS) is 14.5. The SMILES string of the molecule is COc1ccc(Cl)c(NCC(C)(O)C(C)C)c1. The lowest BCUT2D eigenvalue weighted by atomic mass is 9.92. The van der Waals surface area contributed by atoms with Crippen molar-refractivity contribution < 1.29 is 9.84 Å². The van der Waals surface area contributed by atoms with Gasteiger partial charge in [-0.05, 0) is 25.0 Å². The van der Waals surface area contributed by atoms with Crippen LogP contribution in [0.4, 0.5) is 5.69 Å². The van der Waals surface area contributed by atoms with E-state index >= 15 is 0 Å². The van der Waals surface area contributed by atoms with Crippen LogP contribution in [0.25, 0.3) is 0 Å². The molecule has 1 rings (SSSR count). The van der Waals surface area contributed by atoms with E-state index in [-0.39, 0.29) is 5.92 Å². The van der Waals surface area contributed by atoms with Crippen LogP contribution in [0.3, 0.4) is 0 Å². The summed E-state index contributed by atoms with van der Waals surface area (Å²) < 4.78 is 5.13. The second kappa shape index (κ2) is 5.61. The van der Waals surface area contributed by atoms with E-state index in [2.05, 4.69) is 5.32 Å². The van der Waals surface area contributed by atoms with Crippen molar-refractivity contribution in [2.45, 2.75) is 26.4 Å². The maximum atomic E-state index is 10.1. The zero-order valence-electron chi connectivity index (χ0n) is 10.7. The standard InChI is InChI=1S/C13H20ClNO2/c1-9(2)13(3,16)8-15-12-7-10(17-4)5-6-11(12)14/h5-7,9,15-16H,8H2,1-4H3. The average Bonchev–Trinajstić information content (AvgIpc) is 2.28. The van der Waals surface area contributed by atoms with Gasteiger partial charge in [0.1, 0.15) is 5.75 Å². The molecule has 0 fully saturated rings. The van der Waals surface area contributed by atoms with Crippen molar-refractivity contribution in [1.29, 1.82) is 0 Å². The lowest BCUT2D eigenvalue weighted by Crippen LogP contribution is -2.38. The molecule has 0 amide bonds. The highest BCUT2D eigenvalue weighted by Gasteiger charge is 2.24. The molecule has 0 saturated heterocycles. The van der Waals surface area contributed by atoms with Gasteiger partial charge in [0.2, 0.25) is 0 Å². The maximum Gasteiger partial charge on any atom is 0.121 e. The van der Waals surface area contributed by atoms with E-state index in [4.69, 9.17) is 16.3 Å². The Hall–Kier alpha value is -0.930. The highest BCUT2D eigenvalue weighted by Crippen LogP contribution is 2.27. The highest BCUT2D eigenvalue weighted by molar-refractivity contribution is 6.33. The minimum Gasteiger partial charge on any atom is -0.497 e. The van der Waals surface area contributed by atoms with Crippen LogP contribution in [-0.4, -0.2) is 24.4 Å². The predicted molar refractivity (Wildman–Crippen MR) is 72.0 cm³/mol. The molecule has 1 atom stereocenters. The Labute approximate surface area is 108 Å². The summed E-state index contributed by atoms with van der Waals surface area (Å²) in [7, 11) is 1.61. The van der Waals surface area contributed by atoms with Gasteiger partial charge in [0.25, 0.3) is 0 Å². The summed E-state index contributed by atoms with van der Waals surface area (Å²) in [5.74, 6) is 0.903. The number of ether oxygens (including phenoxy) is 1. The first-order valence-corrected chi connectivity index (χ1v) is 6.04. The van der Waals surface area contributed by atoms with Gasteiger partial charge in [-0.3, -0.25) is 0 Å². The van der Waals surface area contributed by atoms with Gasteiger partial charge in [-0.1, -0.05) is 25.4 Å². The highest BCUT2D eigenvalue weighted by atomic mass is 35.5. The van der Waals surface area contributed by atoms with Crippen molar-refractivity contribution in [3.8, 4) is 5.75 Å². The Morgan fingerprint density at radius 2 is 2.12 bits per heavy atom. The molecule has 3 nitrogen and oxygen atoms in total. The van der Waals surface area contributed by atoms with Gasteiger partial charge in [-0.25, -0.2) is 0 Å². The maximum absolute atomic E-state index is 10.1. The van der Waals surface area contributed by atoms with Crippen LogP contribution in [0.5, 0.6) is 5.75 Å². The number of nitrogens with one attached hydrogen (secondary N) is 1. The molecule has 17 heavy (non-hydrogen) atoms. The fourth-order valence-corrected chi connectivity index (χ4v) is 1.43.